The highest BCUT2D eigenvalue weighted by molar-refractivity contribution is 7.99. The monoisotopic (exact) mass is 423 g/mol. The number of carbonyl (C=O) groups excluding carboxylic acids is 2. The van der Waals surface area contributed by atoms with Gasteiger partial charge < -0.3 is 15.2 Å². The van der Waals surface area contributed by atoms with Crippen LogP contribution < -0.4 is 10.6 Å². The summed E-state index contributed by atoms with van der Waals surface area (Å²) in [4.78, 5) is 24.4. The summed E-state index contributed by atoms with van der Waals surface area (Å²) in [6.45, 7) is 4.67. The Bertz CT molecular complexity index is 987. The summed E-state index contributed by atoms with van der Waals surface area (Å²) in [7, 11) is 0. The van der Waals surface area contributed by atoms with Gasteiger partial charge in [-0.3, -0.25) is 9.59 Å². The highest BCUT2D eigenvalue weighted by Gasteiger charge is 2.14. The van der Waals surface area contributed by atoms with E-state index in [9.17, 15) is 9.59 Å². The molecule has 2 N–H and O–H groups in total. The van der Waals surface area contributed by atoms with Crippen molar-refractivity contribution in [1.29, 1.82) is 0 Å². The van der Waals surface area contributed by atoms with E-state index < -0.39 is 0 Å². The molecule has 3 rings (SSSR count). The number of anilines is 2. The lowest BCUT2D eigenvalue weighted by Gasteiger charge is -2.08. The zero-order valence-corrected chi connectivity index (χ0v) is 17.9. The molecule has 7 nitrogen and oxygen atoms in total. The fourth-order valence-electron chi connectivity index (χ4n) is 2.86. The molecule has 2 amide bonds. The van der Waals surface area contributed by atoms with Crippen LogP contribution in [0.15, 0.2) is 59.8 Å². The molecule has 30 heavy (non-hydrogen) atoms. The second-order valence-corrected chi connectivity index (χ2v) is 7.70. The molecule has 0 bridgehead atoms. The Morgan fingerprint density at radius 3 is 2.30 bits per heavy atom. The van der Waals surface area contributed by atoms with E-state index in [1.807, 2.05) is 73.0 Å². The predicted molar refractivity (Wildman–Crippen MR) is 120 cm³/mol. The Labute approximate surface area is 180 Å². The third kappa shape index (κ3) is 6.18. The number of nitrogens with zero attached hydrogens (tertiary/aromatic N) is 3. The molecule has 3 aromatic rings. The van der Waals surface area contributed by atoms with Crippen LogP contribution in [0.1, 0.15) is 24.7 Å². The van der Waals surface area contributed by atoms with Crippen LogP contribution in [0, 0.1) is 6.92 Å². The maximum absolute atomic E-state index is 12.2. The Balaban J connectivity index is 1.51. The van der Waals surface area contributed by atoms with Gasteiger partial charge >= 0.3 is 0 Å². The van der Waals surface area contributed by atoms with Gasteiger partial charge in [-0.1, -0.05) is 47.7 Å². The molecule has 2 aromatic carbocycles. The lowest BCUT2D eigenvalue weighted by atomic mass is 10.2. The van der Waals surface area contributed by atoms with E-state index in [0.717, 1.165) is 22.8 Å². The summed E-state index contributed by atoms with van der Waals surface area (Å²) < 4.78 is 1.94. The van der Waals surface area contributed by atoms with Crippen LogP contribution in [0.4, 0.5) is 11.4 Å². The first kappa shape index (κ1) is 21.6. The molecule has 0 atom stereocenters. The number of para-hydroxylation sites is 1. The van der Waals surface area contributed by atoms with Crippen LogP contribution >= 0.6 is 11.8 Å². The number of aromatic nitrogens is 3. The molecule has 0 unspecified atom stereocenters. The van der Waals surface area contributed by atoms with E-state index in [4.69, 9.17) is 0 Å². The first-order chi connectivity index (χ1) is 14.5. The van der Waals surface area contributed by atoms with E-state index in [1.54, 1.807) is 0 Å². The zero-order chi connectivity index (χ0) is 21.3. The fourth-order valence-corrected chi connectivity index (χ4v) is 3.68. The standard InChI is InChI=1S/C22H25N5O2S/c1-3-27-19(13-14-20(28)23-18-11-9-16(2)10-12-18)25-26-22(27)30-15-21(29)24-17-7-5-4-6-8-17/h4-12H,3,13-15H2,1-2H3,(H,23,28)(H,24,29). The van der Waals surface area contributed by atoms with Gasteiger partial charge in [-0.05, 0) is 38.1 Å². The van der Waals surface area contributed by atoms with Crippen molar-refractivity contribution in [2.45, 2.75) is 38.4 Å². The highest BCUT2D eigenvalue weighted by atomic mass is 32.2. The summed E-state index contributed by atoms with van der Waals surface area (Å²) in [5.41, 5.74) is 2.69. The minimum Gasteiger partial charge on any atom is -0.326 e. The maximum Gasteiger partial charge on any atom is 0.234 e. The van der Waals surface area contributed by atoms with E-state index >= 15 is 0 Å². The van der Waals surface area contributed by atoms with Gasteiger partial charge in [0.15, 0.2) is 5.16 Å². The average Bonchev–Trinajstić information content (AvgIpc) is 3.15. The van der Waals surface area contributed by atoms with E-state index in [2.05, 4.69) is 20.8 Å². The van der Waals surface area contributed by atoms with Gasteiger partial charge in [0, 0.05) is 30.8 Å². The lowest BCUT2D eigenvalue weighted by Crippen LogP contribution is -2.15. The predicted octanol–water partition coefficient (Wildman–Crippen LogP) is 3.91. The minimum atomic E-state index is -0.101. The number of thioether (sulfide) groups is 1. The van der Waals surface area contributed by atoms with Crippen molar-refractivity contribution in [2.75, 3.05) is 16.4 Å². The Morgan fingerprint density at radius 1 is 0.933 bits per heavy atom. The van der Waals surface area contributed by atoms with Crippen molar-refractivity contribution in [2.24, 2.45) is 0 Å². The summed E-state index contributed by atoms with van der Waals surface area (Å²) in [5, 5.41) is 14.8. The lowest BCUT2D eigenvalue weighted by molar-refractivity contribution is -0.116. The zero-order valence-electron chi connectivity index (χ0n) is 17.1. The second-order valence-electron chi connectivity index (χ2n) is 6.76. The number of benzene rings is 2. The quantitative estimate of drug-likeness (QED) is 0.510. The number of aryl methyl sites for hydroxylation is 2. The number of carbonyl (C=O) groups is 2. The van der Waals surface area contributed by atoms with Crippen LogP contribution in [-0.4, -0.2) is 32.3 Å². The number of nitrogens with one attached hydrogen (secondary N) is 2. The van der Waals surface area contributed by atoms with Crippen molar-refractivity contribution in [3.8, 4) is 0 Å². The fraction of sp³-hybridized carbons (Fsp3) is 0.273. The Hall–Kier alpha value is -3.13. The molecule has 0 aliphatic rings. The second kappa shape index (κ2) is 10.6. The number of rotatable bonds is 9. The van der Waals surface area contributed by atoms with Gasteiger partial charge in [0.05, 0.1) is 5.75 Å². The van der Waals surface area contributed by atoms with Crippen molar-refractivity contribution in [3.63, 3.8) is 0 Å². The molecular weight excluding hydrogens is 398 g/mol. The van der Waals surface area contributed by atoms with E-state index in [0.29, 0.717) is 24.5 Å². The third-order valence-corrected chi connectivity index (χ3v) is 5.38. The average molecular weight is 424 g/mol. The molecule has 156 valence electrons. The SMILES string of the molecule is CCn1c(CCC(=O)Nc2ccc(C)cc2)nnc1SCC(=O)Nc1ccccc1. The molecule has 0 spiro atoms. The largest absolute Gasteiger partial charge is 0.326 e. The number of amides is 2. The van der Waals surface area contributed by atoms with Gasteiger partial charge in [0.1, 0.15) is 5.82 Å². The van der Waals surface area contributed by atoms with Crippen molar-refractivity contribution in [1.82, 2.24) is 14.8 Å². The maximum atomic E-state index is 12.2. The molecule has 8 heteroatoms. The normalized spacial score (nSPS) is 10.6. The van der Waals surface area contributed by atoms with Crippen molar-refractivity contribution in [3.05, 3.63) is 66.0 Å². The molecule has 0 saturated heterocycles. The molecule has 0 fully saturated rings. The van der Waals surface area contributed by atoms with Gasteiger partial charge in [-0.25, -0.2) is 0 Å². The van der Waals surface area contributed by atoms with Crippen LogP contribution in [0.25, 0.3) is 0 Å². The van der Waals surface area contributed by atoms with Gasteiger partial charge in [0.2, 0.25) is 11.8 Å². The van der Waals surface area contributed by atoms with Crippen molar-refractivity contribution >= 4 is 35.0 Å². The molecule has 0 aliphatic heterocycles. The third-order valence-electron chi connectivity index (χ3n) is 4.41. The molecule has 0 radical (unpaired) electrons. The minimum absolute atomic E-state index is 0.0686. The molecular formula is C22H25N5O2S. The van der Waals surface area contributed by atoms with Crippen LogP contribution in [0.2, 0.25) is 0 Å². The van der Waals surface area contributed by atoms with Gasteiger partial charge in [-0.2, -0.15) is 0 Å². The summed E-state index contributed by atoms with van der Waals surface area (Å²) in [6, 6.07) is 17.0. The number of hydrogen-bond acceptors (Lipinski definition) is 5. The smallest absolute Gasteiger partial charge is 0.234 e. The van der Waals surface area contributed by atoms with Crippen LogP contribution in [0.5, 0.6) is 0 Å². The molecule has 0 aliphatic carbocycles. The van der Waals surface area contributed by atoms with Crippen LogP contribution in [0.3, 0.4) is 0 Å². The Morgan fingerprint density at radius 2 is 1.60 bits per heavy atom. The van der Waals surface area contributed by atoms with Crippen LogP contribution in [-0.2, 0) is 22.6 Å². The molecule has 1 aromatic heterocycles. The van der Waals surface area contributed by atoms with E-state index in [1.165, 1.54) is 11.8 Å². The summed E-state index contributed by atoms with van der Waals surface area (Å²) in [6.07, 6.45) is 0.792. The number of hydrogen-bond donors (Lipinski definition) is 2. The highest BCUT2D eigenvalue weighted by Crippen LogP contribution is 2.19. The van der Waals surface area contributed by atoms with Gasteiger partial charge in [-0.15, -0.1) is 10.2 Å². The topological polar surface area (TPSA) is 88.9 Å². The summed E-state index contributed by atoms with van der Waals surface area (Å²) >= 11 is 1.33. The first-order valence-electron chi connectivity index (χ1n) is 9.81. The van der Waals surface area contributed by atoms with Crippen molar-refractivity contribution < 1.29 is 9.59 Å². The molecule has 0 saturated carbocycles. The van der Waals surface area contributed by atoms with Gasteiger partial charge in [0.25, 0.3) is 0 Å². The first-order valence-corrected chi connectivity index (χ1v) is 10.8. The summed E-state index contributed by atoms with van der Waals surface area (Å²) in [5.74, 6) is 0.806. The Kier molecular flexibility index (Phi) is 7.62. The molecule has 1 heterocycles. The van der Waals surface area contributed by atoms with E-state index in [-0.39, 0.29) is 17.6 Å².